The Bertz CT molecular complexity index is 440. The number of fused-ring (bicyclic) bond motifs is 1. The number of hydrogen-bond acceptors (Lipinski definition) is 3. The van der Waals surface area contributed by atoms with Gasteiger partial charge in [0.05, 0.1) is 0 Å². The molecule has 0 fully saturated rings. The SMILES string of the molecule is Cc1cc2cnccc2cc1SN. The Morgan fingerprint density at radius 3 is 2.92 bits per heavy atom. The normalized spacial score (nSPS) is 10.6. The second-order valence-corrected chi connectivity index (χ2v) is 3.63. The van der Waals surface area contributed by atoms with Crippen molar-refractivity contribution in [2.24, 2.45) is 5.14 Å². The molecule has 3 heteroatoms. The lowest BCUT2D eigenvalue weighted by Crippen LogP contribution is -1.85. The molecule has 2 rings (SSSR count). The molecule has 0 amide bonds. The highest BCUT2D eigenvalue weighted by Gasteiger charge is 1.99. The van der Waals surface area contributed by atoms with E-state index >= 15 is 0 Å². The quantitative estimate of drug-likeness (QED) is 0.702. The summed E-state index contributed by atoms with van der Waals surface area (Å²) in [5, 5.41) is 7.90. The number of hydrogen-bond donors (Lipinski definition) is 1. The van der Waals surface area contributed by atoms with E-state index in [9.17, 15) is 0 Å². The van der Waals surface area contributed by atoms with Gasteiger partial charge in [-0.2, -0.15) is 0 Å². The molecule has 0 aliphatic carbocycles. The molecule has 66 valence electrons. The fourth-order valence-corrected chi connectivity index (χ4v) is 1.80. The lowest BCUT2D eigenvalue weighted by Gasteiger charge is -2.03. The summed E-state index contributed by atoms with van der Waals surface area (Å²) in [5.41, 5.74) is 1.20. The van der Waals surface area contributed by atoms with E-state index in [2.05, 4.69) is 24.0 Å². The van der Waals surface area contributed by atoms with Crippen LogP contribution in [-0.2, 0) is 0 Å². The largest absolute Gasteiger partial charge is 0.274 e. The van der Waals surface area contributed by atoms with Crippen molar-refractivity contribution >= 4 is 22.7 Å². The van der Waals surface area contributed by atoms with Crippen molar-refractivity contribution in [3.05, 3.63) is 36.2 Å². The molecule has 2 nitrogen and oxygen atoms in total. The highest BCUT2D eigenvalue weighted by atomic mass is 32.2. The fraction of sp³-hybridized carbons (Fsp3) is 0.100. The third kappa shape index (κ3) is 1.53. The number of pyridine rings is 1. The van der Waals surface area contributed by atoms with E-state index in [1.807, 2.05) is 12.3 Å². The van der Waals surface area contributed by atoms with E-state index in [-0.39, 0.29) is 0 Å². The average molecular weight is 190 g/mol. The number of benzene rings is 1. The van der Waals surface area contributed by atoms with Crippen LogP contribution in [0.15, 0.2) is 35.5 Å². The van der Waals surface area contributed by atoms with Crippen molar-refractivity contribution in [2.45, 2.75) is 11.8 Å². The van der Waals surface area contributed by atoms with Crippen molar-refractivity contribution < 1.29 is 0 Å². The molecule has 1 aromatic carbocycles. The summed E-state index contributed by atoms with van der Waals surface area (Å²) in [6, 6.07) is 6.20. The Balaban J connectivity index is 2.74. The third-order valence-corrected chi connectivity index (χ3v) is 2.76. The van der Waals surface area contributed by atoms with Gasteiger partial charge in [-0.15, -0.1) is 0 Å². The molecule has 2 aromatic rings. The first-order valence-corrected chi connectivity index (χ1v) is 4.90. The van der Waals surface area contributed by atoms with Crippen LogP contribution in [0.2, 0.25) is 0 Å². The van der Waals surface area contributed by atoms with Crippen LogP contribution < -0.4 is 5.14 Å². The maximum Gasteiger partial charge on any atom is 0.0346 e. The molecular weight excluding hydrogens is 180 g/mol. The van der Waals surface area contributed by atoms with Crippen LogP contribution in [0, 0.1) is 6.92 Å². The van der Waals surface area contributed by atoms with E-state index < -0.39 is 0 Å². The van der Waals surface area contributed by atoms with Crippen LogP contribution in [0.4, 0.5) is 0 Å². The van der Waals surface area contributed by atoms with Crippen LogP contribution in [0.5, 0.6) is 0 Å². The summed E-state index contributed by atoms with van der Waals surface area (Å²) in [7, 11) is 0. The standard InChI is InChI=1S/C10H10N2S/c1-7-4-9-6-12-3-2-8(9)5-10(7)13-11/h2-6H,11H2,1H3. The maximum atomic E-state index is 5.54. The van der Waals surface area contributed by atoms with Gasteiger partial charge in [-0.05, 0) is 48.0 Å². The topological polar surface area (TPSA) is 38.9 Å². The average Bonchev–Trinajstić information content (AvgIpc) is 2.17. The molecule has 1 aromatic heterocycles. The highest BCUT2D eigenvalue weighted by Crippen LogP contribution is 2.23. The molecule has 0 unspecified atom stereocenters. The molecule has 0 radical (unpaired) electrons. The molecule has 0 atom stereocenters. The molecular formula is C10H10N2S. The Kier molecular flexibility index (Phi) is 2.20. The second kappa shape index (κ2) is 3.36. The van der Waals surface area contributed by atoms with E-state index in [1.165, 1.54) is 22.9 Å². The first-order valence-electron chi connectivity index (χ1n) is 4.02. The zero-order valence-electron chi connectivity index (χ0n) is 7.32. The summed E-state index contributed by atoms with van der Waals surface area (Å²) in [4.78, 5) is 5.20. The van der Waals surface area contributed by atoms with E-state index in [0.717, 1.165) is 10.3 Å². The molecule has 2 N–H and O–H groups in total. The number of aryl methyl sites for hydroxylation is 1. The van der Waals surface area contributed by atoms with Gasteiger partial charge in [-0.1, -0.05) is 0 Å². The summed E-state index contributed by atoms with van der Waals surface area (Å²) in [6.45, 7) is 2.06. The van der Waals surface area contributed by atoms with Crippen LogP contribution >= 0.6 is 11.9 Å². The zero-order chi connectivity index (χ0) is 9.26. The van der Waals surface area contributed by atoms with Crippen molar-refractivity contribution in [3.8, 4) is 0 Å². The Morgan fingerprint density at radius 2 is 2.15 bits per heavy atom. The summed E-state index contributed by atoms with van der Waals surface area (Å²) in [6.07, 6.45) is 3.66. The van der Waals surface area contributed by atoms with Crippen LogP contribution in [-0.4, -0.2) is 4.98 Å². The zero-order valence-corrected chi connectivity index (χ0v) is 8.14. The smallest absolute Gasteiger partial charge is 0.0346 e. The lowest BCUT2D eigenvalue weighted by molar-refractivity contribution is 1.30. The first-order chi connectivity index (χ1) is 6.31. The molecule has 0 aliphatic heterocycles. The molecule has 13 heavy (non-hydrogen) atoms. The minimum atomic E-state index is 1.12. The van der Waals surface area contributed by atoms with Gasteiger partial charge in [-0.3, -0.25) is 10.1 Å². The number of nitrogens with zero attached hydrogens (tertiary/aromatic N) is 1. The minimum absolute atomic E-state index is 1.12. The van der Waals surface area contributed by atoms with Crippen molar-refractivity contribution in [1.82, 2.24) is 4.98 Å². The predicted octanol–water partition coefficient (Wildman–Crippen LogP) is 2.51. The predicted molar refractivity (Wildman–Crippen MR) is 56.5 cm³/mol. The molecule has 0 aliphatic rings. The highest BCUT2D eigenvalue weighted by molar-refractivity contribution is 7.97. The Hall–Kier alpha value is -1.06. The minimum Gasteiger partial charge on any atom is -0.274 e. The monoisotopic (exact) mass is 190 g/mol. The van der Waals surface area contributed by atoms with Crippen molar-refractivity contribution in [3.63, 3.8) is 0 Å². The summed E-state index contributed by atoms with van der Waals surface area (Å²) < 4.78 is 0. The van der Waals surface area contributed by atoms with Crippen molar-refractivity contribution in [2.75, 3.05) is 0 Å². The van der Waals surface area contributed by atoms with Crippen LogP contribution in [0.25, 0.3) is 10.8 Å². The molecule has 0 bridgehead atoms. The van der Waals surface area contributed by atoms with Gasteiger partial charge in [0.1, 0.15) is 0 Å². The van der Waals surface area contributed by atoms with Gasteiger partial charge in [0.15, 0.2) is 0 Å². The van der Waals surface area contributed by atoms with Gasteiger partial charge >= 0.3 is 0 Å². The first kappa shape index (κ1) is 8.53. The summed E-state index contributed by atoms with van der Waals surface area (Å²) >= 11 is 1.29. The number of rotatable bonds is 1. The third-order valence-electron chi connectivity index (χ3n) is 2.06. The number of aromatic nitrogens is 1. The summed E-state index contributed by atoms with van der Waals surface area (Å²) in [5.74, 6) is 0. The van der Waals surface area contributed by atoms with E-state index in [4.69, 9.17) is 5.14 Å². The molecule has 0 saturated carbocycles. The maximum absolute atomic E-state index is 5.54. The van der Waals surface area contributed by atoms with Gasteiger partial charge in [0.2, 0.25) is 0 Å². The lowest BCUT2D eigenvalue weighted by atomic mass is 10.1. The number of nitrogens with two attached hydrogens (primary N) is 1. The molecule has 0 spiro atoms. The van der Waals surface area contributed by atoms with Crippen LogP contribution in [0.3, 0.4) is 0 Å². The second-order valence-electron chi connectivity index (χ2n) is 2.96. The van der Waals surface area contributed by atoms with Gasteiger partial charge in [-0.25, -0.2) is 0 Å². The molecule has 0 saturated heterocycles. The van der Waals surface area contributed by atoms with Crippen LogP contribution in [0.1, 0.15) is 5.56 Å². The van der Waals surface area contributed by atoms with Gasteiger partial charge in [0, 0.05) is 22.7 Å². The Morgan fingerprint density at radius 1 is 1.31 bits per heavy atom. The van der Waals surface area contributed by atoms with Gasteiger partial charge < -0.3 is 0 Å². The van der Waals surface area contributed by atoms with E-state index in [1.54, 1.807) is 6.20 Å². The Labute approximate surface area is 81.3 Å². The van der Waals surface area contributed by atoms with E-state index in [0.29, 0.717) is 0 Å². The van der Waals surface area contributed by atoms with Gasteiger partial charge in [0.25, 0.3) is 0 Å². The fourth-order valence-electron chi connectivity index (χ4n) is 1.36. The van der Waals surface area contributed by atoms with Crippen molar-refractivity contribution in [1.29, 1.82) is 0 Å². The molecule has 1 heterocycles.